The summed E-state index contributed by atoms with van der Waals surface area (Å²) in [5, 5.41) is 3.13. The third kappa shape index (κ3) is 4.44. The van der Waals surface area contributed by atoms with Gasteiger partial charge in [-0.25, -0.2) is 0 Å². The average Bonchev–Trinajstić information content (AvgIpc) is 2.34. The molecule has 0 heterocycles. The lowest BCUT2D eigenvalue weighted by atomic mass is 10.2. The van der Waals surface area contributed by atoms with Crippen molar-refractivity contribution in [1.29, 1.82) is 0 Å². The van der Waals surface area contributed by atoms with E-state index in [0.29, 0.717) is 29.2 Å². The van der Waals surface area contributed by atoms with Crippen LogP contribution in [0.5, 0.6) is 5.75 Å². The number of aldehydes is 1. The summed E-state index contributed by atoms with van der Waals surface area (Å²) in [6.07, 6.45) is 1.51. The molecule has 4 nitrogen and oxygen atoms in total. The number of halogens is 1. The van der Waals surface area contributed by atoms with Gasteiger partial charge in [0.1, 0.15) is 5.75 Å². The van der Waals surface area contributed by atoms with Crippen molar-refractivity contribution in [3.05, 3.63) is 28.8 Å². The van der Waals surface area contributed by atoms with Crippen LogP contribution in [0.4, 0.5) is 0 Å². The highest BCUT2D eigenvalue weighted by molar-refractivity contribution is 6.30. The number of amides is 1. The van der Waals surface area contributed by atoms with Crippen molar-refractivity contribution in [3.8, 4) is 5.75 Å². The van der Waals surface area contributed by atoms with E-state index < -0.39 is 0 Å². The van der Waals surface area contributed by atoms with Gasteiger partial charge < -0.3 is 10.1 Å². The molecule has 0 fully saturated rings. The van der Waals surface area contributed by atoms with E-state index in [4.69, 9.17) is 16.3 Å². The van der Waals surface area contributed by atoms with Crippen molar-refractivity contribution in [3.63, 3.8) is 0 Å². The van der Waals surface area contributed by atoms with Crippen LogP contribution in [0.25, 0.3) is 0 Å². The lowest BCUT2D eigenvalue weighted by molar-refractivity contribution is -0.123. The van der Waals surface area contributed by atoms with Gasteiger partial charge in [-0.15, -0.1) is 0 Å². The number of nitrogens with one attached hydrogen (secondary N) is 1. The minimum Gasteiger partial charge on any atom is -0.483 e. The van der Waals surface area contributed by atoms with Crippen molar-refractivity contribution in [2.75, 3.05) is 13.2 Å². The van der Waals surface area contributed by atoms with Gasteiger partial charge in [-0.2, -0.15) is 0 Å². The van der Waals surface area contributed by atoms with Crippen LogP contribution in [-0.2, 0) is 4.79 Å². The first kappa shape index (κ1) is 13.5. The quantitative estimate of drug-likeness (QED) is 0.792. The first-order chi connectivity index (χ1) is 8.17. The summed E-state index contributed by atoms with van der Waals surface area (Å²) in [5.41, 5.74) is 0.334. The molecule has 0 aromatic heterocycles. The molecule has 0 saturated heterocycles. The van der Waals surface area contributed by atoms with Crippen molar-refractivity contribution < 1.29 is 14.3 Å². The Morgan fingerprint density at radius 1 is 1.53 bits per heavy atom. The van der Waals surface area contributed by atoms with Crippen LogP contribution < -0.4 is 10.1 Å². The molecule has 1 aromatic rings. The van der Waals surface area contributed by atoms with E-state index in [9.17, 15) is 9.59 Å². The summed E-state index contributed by atoms with van der Waals surface area (Å²) in [4.78, 5) is 22.0. The van der Waals surface area contributed by atoms with Crippen molar-refractivity contribution >= 4 is 23.8 Å². The lowest BCUT2D eigenvalue weighted by Crippen LogP contribution is -2.29. The van der Waals surface area contributed by atoms with E-state index in [2.05, 4.69) is 5.32 Å². The molecule has 1 amide bonds. The first-order valence-corrected chi connectivity index (χ1v) is 5.69. The van der Waals surface area contributed by atoms with Crippen LogP contribution in [0.3, 0.4) is 0 Å². The van der Waals surface area contributed by atoms with Gasteiger partial charge in [-0.1, -0.05) is 18.5 Å². The highest BCUT2D eigenvalue weighted by Crippen LogP contribution is 2.21. The van der Waals surface area contributed by atoms with E-state index in [1.807, 2.05) is 6.92 Å². The van der Waals surface area contributed by atoms with Gasteiger partial charge in [0.15, 0.2) is 12.9 Å². The fraction of sp³-hybridized carbons (Fsp3) is 0.333. The van der Waals surface area contributed by atoms with Crippen LogP contribution in [0.2, 0.25) is 5.02 Å². The van der Waals surface area contributed by atoms with E-state index in [1.54, 1.807) is 12.1 Å². The highest BCUT2D eigenvalue weighted by Gasteiger charge is 2.06. The summed E-state index contributed by atoms with van der Waals surface area (Å²) in [6.45, 7) is 2.47. The summed E-state index contributed by atoms with van der Waals surface area (Å²) >= 11 is 5.73. The Morgan fingerprint density at radius 2 is 2.29 bits per heavy atom. The molecular formula is C12H14ClNO3. The molecule has 0 atom stereocenters. The molecule has 0 saturated carbocycles. The Labute approximate surface area is 105 Å². The Bertz CT molecular complexity index is 407. The van der Waals surface area contributed by atoms with Crippen LogP contribution in [0, 0.1) is 0 Å². The van der Waals surface area contributed by atoms with Crippen LogP contribution >= 0.6 is 11.6 Å². The molecular weight excluding hydrogens is 242 g/mol. The molecule has 0 spiro atoms. The highest BCUT2D eigenvalue weighted by atomic mass is 35.5. The molecule has 17 heavy (non-hydrogen) atoms. The maximum atomic E-state index is 11.3. The zero-order chi connectivity index (χ0) is 12.7. The molecule has 0 bridgehead atoms. The maximum Gasteiger partial charge on any atom is 0.257 e. The van der Waals surface area contributed by atoms with Gasteiger partial charge in [0, 0.05) is 11.6 Å². The summed E-state index contributed by atoms with van der Waals surface area (Å²) < 4.78 is 5.24. The SMILES string of the molecule is CCCNC(=O)COc1ccc(Cl)cc1C=O. The number of hydrogen-bond donors (Lipinski definition) is 1. The number of carbonyl (C=O) groups excluding carboxylic acids is 2. The summed E-state index contributed by atoms with van der Waals surface area (Å²) in [6, 6.07) is 4.67. The predicted molar refractivity (Wildman–Crippen MR) is 65.6 cm³/mol. The Hall–Kier alpha value is -1.55. The molecule has 5 heteroatoms. The number of benzene rings is 1. The number of carbonyl (C=O) groups is 2. The number of ether oxygens (including phenoxy) is 1. The van der Waals surface area contributed by atoms with Gasteiger partial charge in [0.05, 0.1) is 5.56 Å². The van der Waals surface area contributed by atoms with Gasteiger partial charge in [0.2, 0.25) is 0 Å². The summed E-state index contributed by atoms with van der Waals surface area (Å²) in [5.74, 6) is 0.148. The van der Waals surface area contributed by atoms with E-state index in [-0.39, 0.29) is 12.5 Å². The first-order valence-electron chi connectivity index (χ1n) is 5.31. The molecule has 0 aliphatic rings. The third-order valence-corrected chi connectivity index (χ3v) is 2.26. The smallest absolute Gasteiger partial charge is 0.257 e. The predicted octanol–water partition coefficient (Wildman–Crippen LogP) is 2.06. The maximum absolute atomic E-state index is 11.3. The van der Waals surface area contributed by atoms with Gasteiger partial charge in [0.25, 0.3) is 5.91 Å². The van der Waals surface area contributed by atoms with Crippen LogP contribution in [0.15, 0.2) is 18.2 Å². The molecule has 0 unspecified atom stereocenters. The van der Waals surface area contributed by atoms with Crippen molar-refractivity contribution in [2.24, 2.45) is 0 Å². The van der Waals surface area contributed by atoms with Crippen molar-refractivity contribution in [2.45, 2.75) is 13.3 Å². The van der Waals surface area contributed by atoms with Crippen LogP contribution in [-0.4, -0.2) is 25.3 Å². The third-order valence-electron chi connectivity index (χ3n) is 2.03. The minimum atomic E-state index is -0.210. The zero-order valence-corrected chi connectivity index (χ0v) is 10.3. The second-order valence-corrected chi connectivity index (χ2v) is 3.88. The second kappa shape index (κ2) is 6.91. The minimum absolute atomic E-state index is 0.109. The van der Waals surface area contributed by atoms with Gasteiger partial charge >= 0.3 is 0 Å². The Kier molecular flexibility index (Phi) is 5.49. The Morgan fingerprint density at radius 3 is 2.94 bits per heavy atom. The largest absolute Gasteiger partial charge is 0.483 e. The second-order valence-electron chi connectivity index (χ2n) is 3.44. The van der Waals surface area contributed by atoms with E-state index >= 15 is 0 Å². The van der Waals surface area contributed by atoms with Crippen LogP contribution in [0.1, 0.15) is 23.7 Å². The topological polar surface area (TPSA) is 55.4 Å². The average molecular weight is 256 g/mol. The lowest BCUT2D eigenvalue weighted by Gasteiger charge is -2.08. The van der Waals surface area contributed by atoms with Gasteiger partial charge in [-0.05, 0) is 24.6 Å². The van der Waals surface area contributed by atoms with Crippen molar-refractivity contribution in [1.82, 2.24) is 5.32 Å². The number of hydrogen-bond acceptors (Lipinski definition) is 3. The molecule has 0 aliphatic heterocycles. The Balaban J connectivity index is 2.57. The standard InChI is InChI=1S/C12H14ClNO3/c1-2-5-14-12(16)8-17-11-4-3-10(13)6-9(11)7-15/h3-4,6-7H,2,5,8H2,1H3,(H,14,16). The normalized spacial score (nSPS) is 9.76. The molecule has 0 radical (unpaired) electrons. The fourth-order valence-corrected chi connectivity index (χ4v) is 1.38. The molecule has 1 aromatic carbocycles. The van der Waals surface area contributed by atoms with E-state index in [1.165, 1.54) is 6.07 Å². The molecule has 1 rings (SSSR count). The number of rotatable bonds is 6. The summed E-state index contributed by atoms with van der Waals surface area (Å²) in [7, 11) is 0. The monoisotopic (exact) mass is 255 g/mol. The van der Waals surface area contributed by atoms with E-state index in [0.717, 1.165) is 6.42 Å². The zero-order valence-electron chi connectivity index (χ0n) is 9.53. The fourth-order valence-electron chi connectivity index (χ4n) is 1.20. The molecule has 1 N–H and O–H groups in total. The molecule has 0 aliphatic carbocycles. The molecule has 92 valence electrons. The van der Waals surface area contributed by atoms with Gasteiger partial charge in [-0.3, -0.25) is 9.59 Å².